The molecule has 0 aliphatic carbocycles. The fourth-order valence-corrected chi connectivity index (χ4v) is 6.61. The molecular weight excluding hydrogens is 462 g/mol. The second kappa shape index (κ2) is 9.00. The van der Waals surface area contributed by atoms with E-state index in [0.717, 1.165) is 55.9 Å². The Hall–Kier alpha value is -2.38. The predicted octanol–water partition coefficient (Wildman–Crippen LogP) is 6.72. The Labute approximate surface area is 210 Å². The maximum absolute atomic E-state index is 14.1. The molecule has 2 aromatic heterocycles. The summed E-state index contributed by atoms with van der Waals surface area (Å²) in [7, 11) is 1.72. The third-order valence-electron chi connectivity index (χ3n) is 6.95. The van der Waals surface area contributed by atoms with Crippen LogP contribution < -0.4 is 9.46 Å². The minimum absolute atomic E-state index is 0.172. The second-order valence-corrected chi connectivity index (χ2v) is 11.6. The van der Waals surface area contributed by atoms with Crippen LogP contribution in [0, 0.1) is 0 Å². The van der Waals surface area contributed by atoms with Crippen molar-refractivity contribution >= 4 is 34.9 Å². The van der Waals surface area contributed by atoms with Gasteiger partial charge in [0.2, 0.25) is 0 Å². The number of nitrogens with zero attached hydrogens (tertiary/aromatic N) is 2. The number of aryl methyl sites for hydroxylation is 1. The third kappa shape index (κ3) is 3.83. The third-order valence-corrected chi connectivity index (χ3v) is 8.26. The van der Waals surface area contributed by atoms with Gasteiger partial charge in [-0.05, 0) is 81.2 Å². The van der Waals surface area contributed by atoms with Crippen molar-refractivity contribution in [2.75, 3.05) is 24.6 Å². The van der Waals surface area contributed by atoms with Crippen LogP contribution in [0.1, 0.15) is 55.2 Å². The minimum atomic E-state index is -0.213. The van der Waals surface area contributed by atoms with Crippen LogP contribution in [0.2, 0.25) is 0 Å². The van der Waals surface area contributed by atoms with Gasteiger partial charge in [-0.25, -0.2) is 0 Å². The van der Waals surface area contributed by atoms with Crippen molar-refractivity contribution in [2.45, 2.75) is 58.5 Å². The van der Waals surface area contributed by atoms with Crippen LogP contribution in [-0.2, 0) is 19.4 Å². The normalized spacial score (nSPS) is 15.8. The monoisotopic (exact) mass is 495 g/mol. The van der Waals surface area contributed by atoms with Gasteiger partial charge >= 0.3 is 0 Å². The predicted molar refractivity (Wildman–Crippen MR) is 144 cm³/mol. The van der Waals surface area contributed by atoms with E-state index in [4.69, 9.17) is 4.74 Å². The molecule has 1 aromatic carbocycles. The molecule has 0 fully saturated rings. The van der Waals surface area contributed by atoms with Crippen LogP contribution in [0.15, 0.2) is 29.6 Å². The lowest BCUT2D eigenvalue weighted by Crippen LogP contribution is -2.47. The lowest BCUT2D eigenvalue weighted by molar-refractivity contribution is 0.0559. The van der Waals surface area contributed by atoms with Crippen LogP contribution in [0.5, 0.6) is 5.75 Å². The zero-order valence-electron chi connectivity index (χ0n) is 20.7. The zero-order chi connectivity index (χ0) is 24.0. The van der Waals surface area contributed by atoms with Crippen LogP contribution in [-0.4, -0.2) is 40.8 Å². The van der Waals surface area contributed by atoms with Gasteiger partial charge in [0, 0.05) is 40.9 Å². The summed E-state index contributed by atoms with van der Waals surface area (Å²) in [6.07, 6.45) is 5.95. The van der Waals surface area contributed by atoms with Crippen molar-refractivity contribution in [3.05, 3.63) is 46.5 Å². The topological polar surface area (TPSA) is 46.5 Å². The lowest BCUT2D eigenvalue weighted by atomic mass is 9.92. The highest BCUT2D eigenvalue weighted by atomic mass is 32.2. The van der Waals surface area contributed by atoms with E-state index in [1.165, 1.54) is 32.8 Å². The average molecular weight is 496 g/mol. The number of aromatic nitrogens is 1. The Balaban J connectivity index is 1.81. The minimum Gasteiger partial charge on any atom is -0.495 e. The van der Waals surface area contributed by atoms with E-state index >= 15 is 0 Å². The molecule has 0 saturated carbocycles. The summed E-state index contributed by atoms with van der Waals surface area (Å²) < 4.78 is 11.4. The van der Waals surface area contributed by atoms with E-state index in [9.17, 15) is 4.79 Å². The van der Waals surface area contributed by atoms with Crippen molar-refractivity contribution in [2.24, 2.45) is 0 Å². The summed E-state index contributed by atoms with van der Waals surface area (Å²) in [6, 6.07) is 8.70. The first-order valence-corrected chi connectivity index (χ1v) is 14.1. The summed E-state index contributed by atoms with van der Waals surface area (Å²) >= 11 is 3.32. The van der Waals surface area contributed by atoms with Gasteiger partial charge < -0.3 is 18.9 Å². The molecule has 0 saturated heterocycles. The smallest absolute Gasteiger partial charge is 0.271 e. The average Bonchev–Trinajstić information content (AvgIpc) is 3.42. The molecule has 1 N–H and O–H groups in total. The molecule has 0 bridgehead atoms. The number of carbonyl (C=O) groups excluding carboxylic acids is 1. The molecule has 5 rings (SSSR count). The van der Waals surface area contributed by atoms with Gasteiger partial charge in [0.05, 0.1) is 18.5 Å². The summed E-state index contributed by atoms with van der Waals surface area (Å²) in [5, 5.41) is 2.14. The Morgan fingerprint density at radius 1 is 1.12 bits per heavy atom. The van der Waals surface area contributed by atoms with Gasteiger partial charge in [-0.1, -0.05) is 18.0 Å². The molecule has 1 amide bonds. The van der Waals surface area contributed by atoms with Crippen LogP contribution >= 0.6 is 23.3 Å². The van der Waals surface area contributed by atoms with E-state index in [1.54, 1.807) is 30.4 Å². The number of rotatable bonds is 4. The van der Waals surface area contributed by atoms with Gasteiger partial charge in [-0.2, -0.15) is 0 Å². The quantitative estimate of drug-likeness (QED) is 0.408. The van der Waals surface area contributed by atoms with Crippen LogP contribution in [0.25, 0.3) is 21.7 Å². The highest BCUT2D eigenvalue weighted by Gasteiger charge is 2.37. The lowest BCUT2D eigenvalue weighted by Gasteiger charge is -2.37. The van der Waals surface area contributed by atoms with Gasteiger partial charge in [-0.3, -0.25) is 4.79 Å². The number of thiophene rings is 1. The van der Waals surface area contributed by atoms with E-state index in [-0.39, 0.29) is 11.4 Å². The molecule has 180 valence electrons. The number of anilines is 1. The summed E-state index contributed by atoms with van der Waals surface area (Å²) in [5.41, 5.74) is 7.78. The van der Waals surface area contributed by atoms with Crippen molar-refractivity contribution in [3.63, 3.8) is 0 Å². The molecule has 3 aromatic rings. The summed E-state index contributed by atoms with van der Waals surface area (Å²) in [5.74, 6) is 1.03. The molecule has 4 heterocycles. The Morgan fingerprint density at radius 3 is 2.62 bits per heavy atom. The molecule has 0 unspecified atom stereocenters. The fourth-order valence-electron chi connectivity index (χ4n) is 5.43. The highest BCUT2D eigenvalue weighted by Crippen LogP contribution is 2.48. The van der Waals surface area contributed by atoms with Gasteiger partial charge in [-0.15, -0.1) is 11.3 Å². The molecule has 2 aliphatic rings. The Bertz CT molecular complexity index is 1220. The Morgan fingerprint density at radius 2 is 1.94 bits per heavy atom. The molecule has 0 radical (unpaired) electrons. The van der Waals surface area contributed by atoms with E-state index in [0.29, 0.717) is 0 Å². The number of methoxy groups -OCH3 is 1. The van der Waals surface area contributed by atoms with Crippen LogP contribution in [0.4, 0.5) is 5.69 Å². The first-order valence-electron chi connectivity index (χ1n) is 12.0. The maximum Gasteiger partial charge on any atom is 0.271 e. The molecule has 34 heavy (non-hydrogen) atoms. The second-order valence-electron chi connectivity index (χ2n) is 10.0. The molecule has 0 spiro atoms. The number of fused-ring (bicyclic) bond motifs is 5. The summed E-state index contributed by atoms with van der Waals surface area (Å²) in [4.78, 5) is 17.5. The van der Waals surface area contributed by atoms with Crippen molar-refractivity contribution in [3.8, 4) is 27.4 Å². The highest BCUT2D eigenvalue weighted by molar-refractivity contribution is 7.99. The van der Waals surface area contributed by atoms with Gasteiger partial charge in [0.25, 0.3) is 5.91 Å². The zero-order valence-corrected chi connectivity index (χ0v) is 22.3. The number of carbonyl (C=O) groups is 1. The molecular formula is C27H33N3O2S2. The number of hydrogen-bond acceptors (Lipinski definition) is 5. The van der Waals surface area contributed by atoms with Crippen molar-refractivity contribution < 1.29 is 9.53 Å². The number of benzene rings is 1. The molecule has 0 atom stereocenters. The van der Waals surface area contributed by atoms with E-state index in [2.05, 4.69) is 64.6 Å². The Kier molecular flexibility index (Phi) is 6.19. The molecule has 2 aliphatic heterocycles. The van der Waals surface area contributed by atoms with Crippen molar-refractivity contribution in [1.82, 2.24) is 9.47 Å². The SMILES string of the molecule is COc1cc2c(cc1NSC)-c1c(-c3cccs3)c3c(n1CC2)C(=O)N(C(C)(C)C)CCCC3. The largest absolute Gasteiger partial charge is 0.495 e. The molecule has 5 nitrogen and oxygen atoms in total. The van der Waals surface area contributed by atoms with Crippen molar-refractivity contribution in [1.29, 1.82) is 0 Å². The van der Waals surface area contributed by atoms with Crippen LogP contribution in [0.3, 0.4) is 0 Å². The number of amides is 1. The molecule has 7 heteroatoms. The van der Waals surface area contributed by atoms with E-state index < -0.39 is 0 Å². The standard InChI is InChI=1S/C27H33N3O2S2/c1-27(2,3)30-12-7-6-9-18-23(22-10-8-14-34-22)24-19-16-20(28-33-5)21(32-4)15-17(19)11-13-29(24)25(18)26(30)31/h8,10,14-16,28H,6-7,9,11-13H2,1-5H3. The first-order chi connectivity index (χ1) is 16.3. The van der Waals surface area contributed by atoms with E-state index in [1.807, 2.05) is 6.26 Å². The number of hydrogen-bond donors (Lipinski definition) is 1. The summed E-state index contributed by atoms with van der Waals surface area (Å²) in [6.45, 7) is 8.06. The van der Waals surface area contributed by atoms with Gasteiger partial charge in [0.15, 0.2) is 0 Å². The van der Waals surface area contributed by atoms with Gasteiger partial charge in [0.1, 0.15) is 11.4 Å². The number of ether oxygens (including phenoxy) is 1. The first kappa shape index (κ1) is 23.4. The maximum atomic E-state index is 14.1. The number of nitrogens with one attached hydrogen (secondary N) is 1. The fraction of sp³-hybridized carbons (Fsp3) is 0.444.